The van der Waals surface area contributed by atoms with E-state index in [1.807, 2.05) is 24.3 Å². The summed E-state index contributed by atoms with van der Waals surface area (Å²) in [7, 11) is 0. The molecular weight excluding hydrogens is 188 g/mol. The van der Waals surface area contributed by atoms with Crippen LogP contribution >= 0.6 is 0 Å². The third-order valence-corrected chi connectivity index (χ3v) is 3.12. The third kappa shape index (κ3) is 2.39. The van der Waals surface area contributed by atoms with E-state index in [9.17, 15) is 10.2 Å². The Balaban J connectivity index is 3.06. The maximum Gasteiger partial charge on any atom is 0.115 e. The fraction of sp³-hybridized carbons (Fsp3) is 0.538. The van der Waals surface area contributed by atoms with Gasteiger partial charge in [0, 0.05) is 0 Å². The molecule has 0 spiro atoms. The van der Waals surface area contributed by atoms with E-state index in [0.717, 1.165) is 12.0 Å². The lowest BCUT2D eigenvalue weighted by molar-refractivity contribution is -0.125. The Morgan fingerprint density at radius 2 is 1.47 bits per heavy atom. The number of aryl methyl sites for hydroxylation is 1. The lowest BCUT2D eigenvalue weighted by Gasteiger charge is -2.36. The zero-order valence-electron chi connectivity index (χ0n) is 9.91. The maximum atomic E-state index is 10.2. The zero-order valence-corrected chi connectivity index (χ0v) is 9.91. The Bertz CT molecular complexity index is 317. The van der Waals surface area contributed by atoms with Crippen molar-refractivity contribution in [3.8, 4) is 0 Å². The van der Waals surface area contributed by atoms with Gasteiger partial charge in [0.25, 0.3) is 0 Å². The summed E-state index contributed by atoms with van der Waals surface area (Å²) in [5.74, 6) is 0. The van der Waals surface area contributed by atoms with Crippen LogP contribution in [-0.4, -0.2) is 15.8 Å². The molecule has 0 saturated heterocycles. The SMILES string of the molecule is CCc1ccc(C(C)(O)C(C)(C)O)cc1. The standard InChI is InChI=1S/C13H20O2/c1-5-10-6-8-11(9-7-10)13(4,15)12(2,3)14/h6-9,14-15H,5H2,1-4H3. The van der Waals surface area contributed by atoms with Gasteiger partial charge in [-0.05, 0) is 38.3 Å². The molecule has 0 aliphatic heterocycles. The molecule has 1 aromatic carbocycles. The summed E-state index contributed by atoms with van der Waals surface area (Å²) in [4.78, 5) is 0. The minimum absolute atomic E-state index is 0.743. The summed E-state index contributed by atoms with van der Waals surface area (Å²) < 4.78 is 0. The molecule has 15 heavy (non-hydrogen) atoms. The van der Waals surface area contributed by atoms with Gasteiger partial charge in [-0.3, -0.25) is 0 Å². The molecule has 1 unspecified atom stereocenters. The Hall–Kier alpha value is -0.860. The predicted octanol–water partition coefficient (Wildman–Crippen LogP) is 2.23. The van der Waals surface area contributed by atoms with Crippen molar-refractivity contribution in [1.82, 2.24) is 0 Å². The molecule has 0 aliphatic rings. The molecule has 1 rings (SSSR count). The number of rotatable bonds is 3. The Morgan fingerprint density at radius 3 is 1.80 bits per heavy atom. The molecule has 0 bridgehead atoms. The molecule has 2 nitrogen and oxygen atoms in total. The van der Waals surface area contributed by atoms with Crippen LogP contribution in [0.5, 0.6) is 0 Å². The maximum absolute atomic E-state index is 10.2. The minimum atomic E-state index is -1.22. The van der Waals surface area contributed by atoms with Gasteiger partial charge in [0.1, 0.15) is 5.60 Å². The average Bonchev–Trinajstić information content (AvgIpc) is 2.16. The van der Waals surface area contributed by atoms with Crippen molar-refractivity contribution in [2.24, 2.45) is 0 Å². The van der Waals surface area contributed by atoms with E-state index < -0.39 is 11.2 Å². The lowest BCUT2D eigenvalue weighted by atomic mass is 9.81. The van der Waals surface area contributed by atoms with E-state index >= 15 is 0 Å². The van der Waals surface area contributed by atoms with E-state index in [-0.39, 0.29) is 0 Å². The summed E-state index contributed by atoms with van der Waals surface area (Å²) >= 11 is 0. The van der Waals surface area contributed by atoms with Crippen LogP contribution in [0, 0.1) is 0 Å². The van der Waals surface area contributed by atoms with Gasteiger partial charge in [-0.25, -0.2) is 0 Å². The fourth-order valence-electron chi connectivity index (χ4n) is 1.42. The van der Waals surface area contributed by atoms with Crippen LogP contribution in [-0.2, 0) is 12.0 Å². The van der Waals surface area contributed by atoms with Crippen molar-refractivity contribution in [3.63, 3.8) is 0 Å². The van der Waals surface area contributed by atoms with Crippen molar-refractivity contribution in [3.05, 3.63) is 35.4 Å². The number of aliphatic hydroxyl groups is 2. The van der Waals surface area contributed by atoms with E-state index in [2.05, 4.69) is 6.92 Å². The molecule has 2 N–H and O–H groups in total. The lowest BCUT2D eigenvalue weighted by Crippen LogP contribution is -2.44. The average molecular weight is 208 g/mol. The highest BCUT2D eigenvalue weighted by atomic mass is 16.4. The van der Waals surface area contributed by atoms with Crippen LogP contribution in [0.3, 0.4) is 0 Å². The smallest absolute Gasteiger partial charge is 0.115 e. The predicted molar refractivity (Wildman–Crippen MR) is 61.7 cm³/mol. The van der Waals surface area contributed by atoms with Gasteiger partial charge in [0.05, 0.1) is 5.60 Å². The van der Waals surface area contributed by atoms with E-state index in [4.69, 9.17) is 0 Å². The first kappa shape index (κ1) is 12.2. The molecular formula is C13H20O2. The summed E-state index contributed by atoms with van der Waals surface area (Å²) in [6.07, 6.45) is 0.977. The Labute approximate surface area is 91.6 Å². The largest absolute Gasteiger partial charge is 0.387 e. The van der Waals surface area contributed by atoms with Gasteiger partial charge in [-0.15, -0.1) is 0 Å². The second kappa shape index (κ2) is 3.95. The molecule has 0 fully saturated rings. The van der Waals surface area contributed by atoms with Crippen molar-refractivity contribution < 1.29 is 10.2 Å². The van der Waals surface area contributed by atoms with Crippen LogP contribution < -0.4 is 0 Å². The number of hydrogen-bond donors (Lipinski definition) is 2. The summed E-state index contributed by atoms with van der Waals surface area (Å²) in [6, 6.07) is 7.71. The van der Waals surface area contributed by atoms with E-state index in [1.165, 1.54) is 5.56 Å². The van der Waals surface area contributed by atoms with Gasteiger partial charge >= 0.3 is 0 Å². The molecule has 0 amide bonds. The Morgan fingerprint density at radius 1 is 1.00 bits per heavy atom. The van der Waals surface area contributed by atoms with Crippen molar-refractivity contribution >= 4 is 0 Å². The molecule has 84 valence electrons. The molecule has 0 radical (unpaired) electrons. The molecule has 1 aromatic rings. The zero-order chi connectivity index (χ0) is 11.7. The molecule has 1 atom stereocenters. The normalized spacial score (nSPS) is 16.1. The minimum Gasteiger partial charge on any atom is -0.387 e. The first-order valence-electron chi connectivity index (χ1n) is 5.33. The van der Waals surface area contributed by atoms with Gasteiger partial charge in [-0.2, -0.15) is 0 Å². The quantitative estimate of drug-likeness (QED) is 0.799. The van der Waals surface area contributed by atoms with Gasteiger partial charge in [-0.1, -0.05) is 31.2 Å². The highest BCUT2D eigenvalue weighted by molar-refractivity contribution is 5.28. The van der Waals surface area contributed by atoms with Crippen LogP contribution in [0.2, 0.25) is 0 Å². The summed E-state index contributed by atoms with van der Waals surface area (Å²) in [5, 5.41) is 20.1. The van der Waals surface area contributed by atoms with Crippen LogP contribution in [0.4, 0.5) is 0 Å². The highest BCUT2D eigenvalue weighted by Gasteiger charge is 2.38. The number of benzene rings is 1. The van der Waals surface area contributed by atoms with E-state index in [0.29, 0.717) is 0 Å². The molecule has 0 heterocycles. The highest BCUT2D eigenvalue weighted by Crippen LogP contribution is 2.32. The molecule has 0 aliphatic carbocycles. The van der Waals surface area contributed by atoms with Crippen LogP contribution in [0.1, 0.15) is 38.8 Å². The van der Waals surface area contributed by atoms with Crippen LogP contribution in [0.25, 0.3) is 0 Å². The third-order valence-electron chi connectivity index (χ3n) is 3.12. The molecule has 0 aromatic heterocycles. The first-order valence-corrected chi connectivity index (χ1v) is 5.33. The van der Waals surface area contributed by atoms with Crippen molar-refractivity contribution in [1.29, 1.82) is 0 Å². The Kier molecular flexibility index (Phi) is 3.22. The van der Waals surface area contributed by atoms with Gasteiger partial charge in [0.15, 0.2) is 0 Å². The monoisotopic (exact) mass is 208 g/mol. The second-order valence-corrected chi connectivity index (χ2v) is 4.68. The summed E-state index contributed by atoms with van der Waals surface area (Å²) in [5.41, 5.74) is -0.405. The summed E-state index contributed by atoms with van der Waals surface area (Å²) in [6.45, 7) is 6.94. The topological polar surface area (TPSA) is 40.5 Å². The van der Waals surface area contributed by atoms with Crippen molar-refractivity contribution in [2.45, 2.75) is 45.3 Å². The number of hydrogen-bond acceptors (Lipinski definition) is 2. The van der Waals surface area contributed by atoms with Crippen molar-refractivity contribution in [2.75, 3.05) is 0 Å². The van der Waals surface area contributed by atoms with Crippen LogP contribution in [0.15, 0.2) is 24.3 Å². The van der Waals surface area contributed by atoms with E-state index in [1.54, 1.807) is 20.8 Å². The van der Waals surface area contributed by atoms with Gasteiger partial charge in [0.2, 0.25) is 0 Å². The molecule has 0 saturated carbocycles. The van der Waals surface area contributed by atoms with Gasteiger partial charge < -0.3 is 10.2 Å². The molecule has 2 heteroatoms. The second-order valence-electron chi connectivity index (χ2n) is 4.68. The fourth-order valence-corrected chi connectivity index (χ4v) is 1.42. The first-order chi connectivity index (χ1) is 6.79.